The van der Waals surface area contributed by atoms with E-state index in [1.807, 2.05) is 18.2 Å². The first-order chi connectivity index (χ1) is 5.88. The first-order valence-corrected chi connectivity index (χ1v) is 4.16. The van der Waals surface area contributed by atoms with Crippen molar-refractivity contribution in [1.82, 2.24) is 0 Å². The van der Waals surface area contributed by atoms with Crippen LogP contribution in [-0.4, -0.2) is 15.0 Å². The summed E-state index contributed by atoms with van der Waals surface area (Å²) in [6.45, 7) is 0. The molecule has 0 amide bonds. The fraction of sp³-hybridized carbons (Fsp3) is 0.400. The lowest BCUT2D eigenvalue weighted by Gasteiger charge is -2.14. The monoisotopic (exact) mass is 160 g/mol. The molecule has 0 spiro atoms. The molecule has 62 valence electrons. The van der Waals surface area contributed by atoms with Crippen LogP contribution in [0.4, 0.5) is 0 Å². The lowest BCUT2D eigenvalue weighted by Crippen LogP contribution is -2.00. The van der Waals surface area contributed by atoms with Gasteiger partial charge in [-0.1, -0.05) is 36.7 Å². The van der Waals surface area contributed by atoms with Gasteiger partial charge >= 0.3 is 0 Å². The zero-order valence-electron chi connectivity index (χ0n) is 7.36. The average molecular weight is 160 g/mol. The van der Waals surface area contributed by atoms with Crippen molar-refractivity contribution in [2.24, 2.45) is 0 Å². The van der Waals surface area contributed by atoms with Crippen molar-refractivity contribution in [3.05, 3.63) is 35.9 Å². The molecule has 0 saturated carbocycles. The predicted octanol–water partition coefficient (Wildman–Crippen LogP) is 2.35. The second-order valence-corrected chi connectivity index (χ2v) is 2.71. The molecule has 1 atom stereocenters. The Morgan fingerprint density at radius 1 is 1.33 bits per heavy atom. The smallest absolute Gasteiger partial charge is 0.0814 e. The first kappa shape index (κ1) is 9.33. The van der Waals surface area contributed by atoms with Crippen LogP contribution < -0.4 is 0 Å². The summed E-state index contributed by atoms with van der Waals surface area (Å²) < 4.78 is 5.30. The largest absolute Gasteiger partial charge is 0.377 e. The highest BCUT2D eigenvalue weighted by Crippen LogP contribution is 2.20. The van der Waals surface area contributed by atoms with E-state index in [0.29, 0.717) is 6.32 Å². The van der Waals surface area contributed by atoms with Crippen molar-refractivity contribution < 1.29 is 4.74 Å². The summed E-state index contributed by atoms with van der Waals surface area (Å²) in [5.74, 6) is 0. The SMILES string of the molecule is [B]CCC(OC)c1ccccc1. The van der Waals surface area contributed by atoms with E-state index in [4.69, 9.17) is 12.6 Å². The van der Waals surface area contributed by atoms with Gasteiger partial charge in [0.2, 0.25) is 0 Å². The van der Waals surface area contributed by atoms with Crippen molar-refractivity contribution in [3.63, 3.8) is 0 Å². The Bertz CT molecular complexity index is 210. The maximum absolute atomic E-state index is 5.46. The Morgan fingerprint density at radius 3 is 2.50 bits per heavy atom. The van der Waals surface area contributed by atoms with Gasteiger partial charge in [-0.05, 0) is 12.0 Å². The van der Waals surface area contributed by atoms with Crippen LogP contribution in [-0.2, 0) is 4.74 Å². The third kappa shape index (κ3) is 2.38. The maximum atomic E-state index is 5.46. The summed E-state index contributed by atoms with van der Waals surface area (Å²) >= 11 is 0. The standard InChI is InChI=1S/C10H13BO/c1-12-10(7-8-11)9-5-3-2-4-6-9/h2-6,10H,7-8H2,1H3. The second-order valence-electron chi connectivity index (χ2n) is 2.71. The predicted molar refractivity (Wildman–Crippen MR) is 51.4 cm³/mol. The quantitative estimate of drug-likeness (QED) is 0.614. The van der Waals surface area contributed by atoms with Gasteiger partial charge in [0.1, 0.15) is 0 Å². The molecule has 0 saturated heterocycles. The lowest BCUT2D eigenvalue weighted by molar-refractivity contribution is 0.100. The van der Waals surface area contributed by atoms with Crippen LogP contribution in [0.25, 0.3) is 0 Å². The summed E-state index contributed by atoms with van der Waals surface area (Å²) in [6.07, 6.45) is 1.68. The zero-order valence-corrected chi connectivity index (χ0v) is 7.36. The molecule has 0 heterocycles. The van der Waals surface area contributed by atoms with E-state index in [1.54, 1.807) is 7.11 Å². The molecule has 1 aromatic carbocycles. The Hall–Kier alpha value is -0.755. The van der Waals surface area contributed by atoms with Crippen LogP contribution in [0.1, 0.15) is 18.1 Å². The number of rotatable bonds is 4. The van der Waals surface area contributed by atoms with Crippen molar-refractivity contribution in [2.75, 3.05) is 7.11 Å². The third-order valence-corrected chi connectivity index (χ3v) is 1.88. The Labute approximate surface area is 75.2 Å². The highest BCUT2D eigenvalue weighted by Gasteiger charge is 2.06. The van der Waals surface area contributed by atoms with Crippen LogP contribution in [0.5, 0.6) is 0 Å². The van der Waals surface area contributed by atoms with Crippen LogP contribution in [0.2, 0.25) is 6.32 Å². The van der Waals surface area contributed by atoms with E-state index >= 15 is 0 Å². The van der Waals surface area contributed by atoms with E-state index in [-0.39, 0.29) is 6.10 Å². The highest BCUT2D eigenvalue weighted by atomic mass is 16.5. The molecule has 0 aromatic heterocycles. The Morgan fingerprint density at radius 2 is 2.00 bits per heavy atom. The van der Waals surface area contributed by atoms with E-state index in [1.165, 1.54) is 5.56 Å². The van der Waals surface area contributed by atoms with Crippen molar-refractivity contribution >= 4 is 7.85 Å². The van der Waals surface area contributed by atoms with E-state index in [9.17, 15) is 0 Å². The minimum atomic E-state index is 0.149. The summed E-state index contributed by atoms with van der Waals surface area (Å²) in [4.78, 5) is 0. The minimum Gasteiger partial charge on any atom is -0.377 e. The topological polar surface area (TPSA) is 9.23 Å². The molecular formula is C10H13BO. The van der Waals surface area contributed by atoms with E-state index < -0.39 is 0 Å². The van der Waals surface area contributed by atoms with Gasteiger partial charge in [0, 0.05) is 7.11 Å². The highest BCUT2D eigenvalue weighted by molar-refractivity contribution is 6.08. The van der Waals surface area contributed by atoms with Crippen LogP contribution in [0, 0.1) is 0 Å². The van der Waals surface area contributed by atoms with Gasteiger partial charge in [-0.3, -0.25) is 0 Å². The summed E-state index contributed by atoms with van der Waals surface area (Å²) in [7, 11) is 7.18. The molecular weight excluding hydrogens is 147 g/mol. The Kier molecular flexibility index (Phi) is 3.88. The van der Waals surface area contributed by atoms with Crippen LogP contribution >= 0.6 is 0 Å². The summed E-state index contributed by atoms with van der Waals surface area (Å²) in [6, 6.07) is 10.1. The molecule has 2 heteroatoms. The van der Waals surface area contributed by atoms with Gasteiger partial charge in [0.15, 0.2) is 0 Å². The summed E-state index contributed by atoms with van der Waals surface area (Å²) in [5.41, 5.74) is 1.20. The number of benzene rings is 1. The van der Waals surface area contributed by atoms with Gasteiger partial charge in [-0.15, -0.1) is 0 Å². The number of hydrogen-bond acceptors (Lipinski definition) is 1. The molecule has 1 rings (SSSR count). The number of hydrogen-bond donors (Lipinski definition) is 0. The lowest BCUT2D eigenvalue weighted by atomic mass is 9.95. The van der Waals surface area contributed by atoms with Crippen molar-refractivity contribution in [3.8, 4) is 0 Å². The molecule has 0 bridgehead atoms. The molecule has 0 aliphatic rings. The van der Waals surface area contributed by atoms with E-state index in [2.05, 4.69) is 12.1 Å². The number of methoxy groups -OCH3 is 1. The Balaban J connectivity index is 2.66. The third-order valence-electron chi connectivity index (χ3n) is 1.88. The van der Waals surface area contributed by atoms with Gasteiger partial charge in [0.25, 0.3) is 0 Å². The fourth-order valence-electron chi connectivity index (χ4n) is 1.24. The van der Waals surface area contributed by atoms with Gasteiger partial charge in [-0.25, -0.2) is 0 Å². The minimum absolute atomic E-state index is 0.149. The molecule has 0 aliphatic heterocycles. The van der Waals surface area contributed by atoms with Crippen molar-refractivity contribution in [2.45, 2.75) is 18.8 Å². The van der Waals surface area contributed by atoms with Gasteiger partial charge in [-0.2, -0.15) is 0 Å². The van der Waals surface area contributed by atoms with Crippen LogP contribution in [0.3, 0.4) is 0 Å². The number of ether oxygens (including phenoxy) is 1. The molecule has 0 aliphatic carbocycles. The van der Waals surface area contributed by atoms with E-state index in [0.717, 1.165) is 6.42 Å². The fourth-order valence-corrected chi connectivity index (χ4v) is 1.24. The van der Waals surface area contributed by atoms with Crippen molar-refractivity contribution in [1.29, 1.82) is 0 Å². The molecule has 1 aromatic rings. The maximum Gasteiger partial charge on any atom is 0.0814 e. The average Bonchev–Trinajstić information content (AvgIpc) is 2.15. The van der Waals surface area contributed by atoms with Gasteiger partial charge < -0.3 is 4.74 Å². The first-order valence-electron chi connectivity index (χ1n) is 4.16. The summed E-state index contributed by atoms with van der Waals surface area (Å²) in [5, 5.41) is 0. The second kappa shape index (κ2) is 4.99. The molecule has 12 heavy (non-hydrogen) atoms. The van der Waals surface area contributed by atoms with Crippen LogP contribution in [0.15, 0.2) is 30.3 Å². The zero-order chi connectivity index (χ0) is 8.81. The molecule has 2 radical (unpaired) electrons. The molecule has 1 unspecified atom stereocenters. The van der Waals surface area contributed by atoms with Gasteiger partial charge in [0.05, 0.1) is 14.0 Å². The molecule has 0 fully saturated rings. The molecule has 1 nitrogen and oxygen atoms in total. The normalized spacial score (nSPS) is 12.8. The molecule has 0 N–H and O–H groups in total.